The van der Waals surface area contributed by atoms with Crippen molar-refractivity contribution in [3.8, 4) is 11.3 Å². The minimum absolute atomic E-state index is 0.0505. The zero-order valence-electron chi connectivity index (χ0n) is 16.8. The Morgan fingerprint density at radius 3 is 2.76 bits per heavy atom. The van der Waals surface area contributed by atoms with E-state index < -0.39 is 0 Å². The summed E-state index contributed by atoms with van der Waals surface area (Å²) in [6.07, 6.45) is 4.59. The van der Waals surface area contributed by atoms with E-state index in [-0.39, 0.29) is 5.91 Å². The van der Waals surface area contributed by atoms with Gasteiger partial charge in [0.15, 0.2) is 11.7 Å². The van der Waals surface area contributed by atoms with Gasteiger partial charge in [0, 0.05) is 47.7 Å². The molecule has 5 heteroatoms. The second kappa shape index (κ2) is 8.35. The Bertz CT molecular complexity index is 1110. The molecule has 1 amide bonds. The van der Waals surface area contributed by atoms with Crippen molar-refractivity contribution in [2.75, 3.05) is 5.32 Å². The zero-order valence-corrected chi connectivity index (χ0v) is 16.8. The maximum Gasteiger partial charge on any atom is 0.224 e. The largest absolute Gasteiger partial charge is 0.441 e. The van der Waals surface area contributed by atoms with Crippen LogP contribution in [0.1, 0.15) is 26.2 Å². The van der Waals surface area contributed by atoms with E-state index in [1.165, 1.54) is 5.52 Å². The molecule has 2 aromatic heterocycles. The molecule has 0 aliphatic carbocycles. The first-order valence-electron chi connectivity index (χ1n) is 9.97. The van der Waals surface area contributed by atoms with Gasteiger partial charge in [-0.1, -0.05) is 44.2 Å². The maximum absolute atomic E-state index is 12.4. The molecular formula is C24H25N3O2. The van der Waals surface area contributed by atoms with E-state index in [0.29, 0.717) is 24.7 Å². The minimum Gasteiger partial charge on any atom is -0.441 e. The van der Waals surface area contributed by atoms with Crippen molar-refractivity contribution in [1.82, 2.24) is 9.55 Å². The lowest BCUT2D eigenvalue weighted by molar-refractivity contribution is -0.116. The summed E-state index contributed by atoms with van der Waals surface area (Å²) in [5.74, 6) is 1.82. The van der Waals surface area contributed by atoms with Gasteiger partial charge in [-0.05, 0) is 30.2 Å². The molecule has 148 valence electrons. The van der Waals surface area contributed by atoms with E-state index in [2.05, 4.69) is 47.0 Å². The lowest BCUT2D eigenvalue weighted by Crippen LogP contribution is -2.12. The first kappa shape index (κ1) is 19.0. The minimum atomic E-state index is -0.0505. The second-order valence-electron chi connectivity index (χ2n) is 7.67. The Morgan fingerprint density at radius 1 is 1.14 bits per heavy atom. The summed E-state index contributed by atoms with van der Waals surface area (Å²) >= 11 is 0. The van der Waals surface area contributed by atoms with E-state index in [1.54, 1.807) is 6.20 Å². The van der Waals surface area contributed by atoms with Crippen LogP contribution in [0.25, 0.3) is 22.2 Å². The fourth-order valence-electron chi connectivity index (χ4n) is 3.44. The molecule has 4 aromatic rings. The number of nitrogens with zero attached hydrogens (tertiary/aromatic N) is 2. The number of aromatic nitrogens is 2. The highest BCUT2D eigenvalue weighted by atomic mass is 16.4. The molecule has 5 nitrogen and oxygen atoms in total. The summed E-state index contributed by atoms with van der Waals surface area (Å²) in [7, 11) is 0. The summed E-state index contributed by atoms with van der Waals surface area (Å²) in [6, 6.07) is 17.9. The van der Waals surface area contributed by atoms with Crippen molar-refractivity contribution < 1.29 is 9.21 Å². The number of carbonyl (C=O) groups excluding carboxylic acids is 1. The summed E-state index contributed by atoms with van der Waals surface area (Å²) in [6.45, 7) is 5.39. The molecule has 0 radical (unpaired) electrons. The number of fused-ring (bicyclic) bond motifs is 1. The number of benzene rings is 2. The van der Waals surface area contributed by atoms with Crippen molar-refractivity contribution in [3.05, 3.63) is 72.9 Å². The third-order valence-electron chi connectivity index (χ3n) is 4.79. The Labute approximate surface area is 170 Å². The van der Waals surface area contributed by atoms with Crippen LogP contribution in [0.3, 0.4) is 0 Å². The van der Waals surface area contributed by atoms with Crippen molar-refractivity contribution in [2.24, 2.45) is 5.92 Å². The normalized spacial score (nSPS) is 11.3. The predicted octanol–water partition coefficient (Wildman–Crippen LogP) is 5.52. The molecule has 1 N–H and O–H groups in total. The van der Waals surface area contributed by atoms with Crippen molar-refractivity contribution >= 4 is 22.5 Å². The number of carbonyl (C=O) groups is 1. The second-order valence-corrected chi connectivity index (χ2v) is 7.67. The SMILES string of the molecule is CC(C)Cn1ccc2cc(NC(=O)CCc3ncc(-c4ccccc4)o3)ccc21. The van der Waals surface area contributed by atoms with E-state index >= 15 is 0 Å². The third-order valence-corrected chi connectivity index (χ3v) is 4.79. The van der Waals surface area contributed by atoms with Gasteiger partial charge < -0.3 is 14.3 Å². The lowest BCUT2D eigenvalue weighted by Gasteiger charge is -2.09. The Hall–Kier alpha value is -3.34. The number of nitrogens with one attached hydrogen (secondary N) is 1. The van der Waals surface area contributed by atoms with Gasteiger partial charge in [-0.25, -0.2) is 4.98 Å². The molecular weight excluding hydrogens is 362 g/mol. The number of hydrogen-bond acceptors (Lipinski definition) is 3. The summed E-state index contributed by atoms with van der Waals surface area (Å²) < 4.78 is 8.02. The van der Waals surface area contributed by atoms with Crippen molar-refractivity contribution in [3.63, 3.8) is 0 Å². The Morgan fingerprint density at radius 2 is 1.97 bits per heavy atom. The van der Waals surface area contributed by atoms with Crippen LogP contribution in [0.2, 0.25) is 0 Å². The molecule has 0 saturated carbocycles. The molecule has 0 atom stereocenters. The fraction of sp³-hybridized carbons (Fsp3) is 0.250. The van der Waals surface area contributed by atoms with Gasteiger partial charge in [0.2, 0.25) is 5.91 Å². The van der Waals surface area contributed by atoms with Crippen LogP contribution in [-0.4, -0.2) is 15.5 Å². The zero-order chi connectivity index (χ0) is 20.2. The number of amides is 1. The first-order chi connectivity index (χ1) is 14.1. The molecule has 0 aliphatic heterocycles. The quantitative estimate of drug-likeness (QED) is 0.454. The molecule has 0 saturated heterocycles. The van der Waals surface area contributed by atoms with E-state index in [4.69, 9.17) is 4.42 Å². The van der Waals surface area contributed by atoms with Gasteiger partial charge in [0.25, 0.3) is 0 Å². The van der Waals surface area contributed by atoms with E-state index in [9.17, 15) is 4.79 Å². The fourth-order valence-corrected chi connectivity index (χ4v) is 3.44. The molecule has 2 heterocycles. The summed E-state index contributed by atoms with van der Waals surface area (Å²) in [5.41, 5.74) is 2.97. The average molecular weight is 387 g/mol. The highest BCUT2D eigenvalue weighted by Crippen LogP contribution is 2.23. The molecule has 4 rings (SSSR count). The van der Waals surface area contributed by atoms with Crippen molar-refractivity contribution in [2.45, 2.75) is 33.2 Å². The van der Waals surface area contributed by atoms with E-state index in [1.807, 2.05) is 42.5 Å². The Kier molecular flexibility index (Phi) is 5.47. The van der Waals surface area contributed by atoms with Gasteiger partial charge in [-0.3, -0.25) is 4.79 Å². The molecule has 29 heavy (non-hydrogen) atoms. The third kappa shape index (κ3) is 4.57. The number of rotatable bonds is 7. The molecule has 0 unspecified atom stereocenters. The van der Waals surface area contributed by atoms with Gasteiger partial charge in [0.1, 0.15) is 0 Å². The molecule has 2 aromatic carbocycles. The number of anilines is 1. The van der Waals surface area contributed by atoms with Crippen LogP contribution in [0, 0.1) is 5.92 Å². The number of aryl methyl sites for hydroxylation is 1. The van der Waals surface area contributed by atoms with Crippen LogP contribution in [0.15, 0.2) is 71.4 Å². The van der Waals surface area contributed by atoms with Crippen LogP contribution in [0.5, 0.6) is 0 Å². The first-order valence-corrected chi connectivity index (χ1v) is 9.97. The maximum atomic E-state index is 12.4. The number of oxazole rings is 1. The van der Waals surface area contributed by atoms with Gasteiger partial charge in [-0.2, -0.15) is 0 Å². The smallest absolute Gasteiger partial charge is 0.224 e. The molecule has 0 bridgehead atoms. The van der Waals surface area contributed by atoms with Gasteiger partial charge in [-0.15, -0.1) is 0 Å². The van der Waals surface area contributed by atoms with E-state index in [0.717, 1.165) is 28.9 Å². The molecule has 0 spiro atoms. The van der Waals surface area contributed by atoms with Crippen LogP contribution < -0.4 is 5.32 Å². The van der Waals surface area contributed by atoms with Crippen LogP contribution >= 0.6 is 0 Å². The van der Waals surface area contributed by atoms with Crippen molar-refractivity contribution in [1.29, 1.82) is 0 Å². The molecule has 0 aliphatic rings. The lowest BCUT2D eigenvalue weighted by atomic mass is 10.2. The topological polar surface area (TPSA) is 60.1 Å². The summed E-state index contributed by atoms with van der Waals surface area (Å²) in [4.78, 5) is 16.7. The number of hydrogen-bond donors (Lipinski definition) is 1. The van der Waals surface area contributed by atoms with Crippen LogP contribution in [0.4, 0.5) is 5.69 Å². The van der Waals surface area contributed by atoms with Gasteiger partial charge >= 0.3 is 0 Å². The predicted molar refractivity (Wildman–Crippen MR) is 116 cm³/mol. The molecule has 0 fully saturated rings. The van der Waals surface area contributed by atoms with Gasteiger partial charge in [0.05, 0.1) is 6.20 Å². The highest BCUT2D eigenvalue weighted by Gasteiger charge is 2.10. The standard InChI is InChI=1S/C24H25N3O2/c1-17(2)16-27-13-12-19-14-20(8-9-21(19)27)26-23(28)10-11-24-25-15-22(29-24)18-6-4-3-5-7-18/h3-9,12-15,17H,10-11,16H2,1-2H3,(H,26,28). The Balaban J connectivity index is 1.36. The monoisotopic (exact) mass is 387 g/mol. The average Bonchev–Trinajstić information content (AvgIpc) is 3.34. The summed E-state index contributed by atoms with van der Waals surface area (Å²) in [5, 5.41) is 4.10. The van der Waals surface area contributed by atoms with Crippen LogP contribution in [-0.2, 0) is 17.8 Å². The highest BCUT2D eigenvalue weighted by molar-refractivity contribution is 5.94.